The van der Waals surface area contributed by atoms with E-state index >= 15 is 0 Å². The molecule has 9 nitrogen and oxygen atoms in total. The second kappa shape index (κ2) is 8.15. The van der Waals surface area contributed by atoms with Crippen molar-refractivity contribution in [1.29, 1.82) is 0 Å². The quantitative estimate of drug-likeness (QED) is 0.510. The largest absolute Gasteiger partial charge is 0.299 e. The molecule has 3 N–H and O–H groups in total. The Bertz CT molecular complexity index is 896. The van der Waals surface area contributed by atoms with Gasteiger partial charge in [0.2, 0.25) is 0 Å². The fraction of sp³-hybridized carbons (Fsp3) is 0.263. The molecule has 0 fully saturated rings. The van der Waals surface area contributed by atoms with Crippen LogP contribution in [0.3, 0.4) is 0 Å². The Morgan fingerprint density at radius 1 is 0.964 bits per heavy atom. The molecule has 1 aliphatic heterocycles. The average molecular weight is 384 g/mol. The number of nitro benzene ring substituents is 2. The normalized spacial score (nSPS) is 21.6. The third-order valence-corrected chi connectivity index (χ3v) is 5.00. The molecule has 28 heavy (non-hydrogen) atoms. The number of hydrogen-bond acceptors (Lipinski definition) is 7. The summed E-state index contributed by atoms with van der Waals surface area (Å²) >= 11 is 0. The first-order chi connectivity index (χ1) is 13.4. The highest BCUT2D eigenvalue weighted by atomic mass is 16.6. The lowest BCUT2D eigenvalue weighted by molar-refractivity contribution is -0.385. The minimum atomic E-state index is -0.457. The van der Waals surface area contributed by atoms with Crippen LogP contribution in [0.1, 0.15) is 36.6 Å². The second-order valence-electron chi connectivity index (χ2n) is 6.57. The van der Waals surface area contributed by atoms with Gasteiger partial charge in [0.1, 0.15) is 0 Å². The summed E-state index contributed by atoms with van der Waals surface area (Å²) < 4.78 is 0. The highest BCUT2D eigenvalue weighted by Gasteiger charge is 2.32. The summed E-state index contributed by atoms with van der Waals surface area (Å²) in [6.07, 6.45) is 2.57. The summed E-state index contributed by atoms with van der Waals surface area (Å²) in [6.45, 7) is 1.99. The van der Waals surface area contributed by atoms with Gasteiger partial charge in [0.25, 0.3) is 11.4 Å². The van der Waals surface area contributed by atoms with Crippen molar-refractivity contribution in [2.75, 3.05) is 0 Å². The number of nitro groups is 2. The van der Waals surface area contributed by atoms with E-state index in [0.717, 1.165) is 17.5 Å². The van der Waals surface area contributed by atoms with E-state index in [-0.39, 0.29) is 29.4 Å². The first-order valence-electron chi connectivity index (χ1n) is 8.81. The van der Waals surface area contributed by atoms with Crippen molar-refractivity contribution in [3.8, 4) is 0 Å². The van der Waals surface area contributed by atoms with Crippen LogP contribution in [-0.4, -0.2) is 15.1 Å². The maximum absolute atomic E-state index is 10.9. The molecular weight excluding hydrogens is 364 g/mol. The van der Waals surface area contributed by atoms with E-state index in [1.54, 1.807) is 24.3 Å². The van der Waals surface area contributed by atoms with E-state index in [1.807, 2.05) is 13.0 Å². The molecule has 0 spiro atoms. The third kappa shape index (κ3) is 3.85. The van der Waals surface area contributed by atoms with Crippen LogP contribution in [0.2, 0.25) is 0 Å². The Morgan fingerprint density at radius 3 is 1.89 bits per heavy atom. The lowest BCUT2D eigenvalue weighted by atomic mass is 9.83. The highest BCUT2D eigenvalue weighted by Crippen LogP contribution is 2.38. The van der Waals surface area contributed by atoms with Crippen LogP contribution in [0.4, 0.5) is 11.4 Å². The number of hydroxylamine groups is 1. The Kier molecular flexibility index (Phi) is 5.67. The van der Waals surface area contributed by atoms with Crippen LogP contribution >= 0.6 is 0 Å². The molecule has 0 amide bonds. The fourth-order valence-electron chi connectivity index (χ4n) is 3.54. The van der Waals surface area contributed by atoms with Gasteiger partial charge in [-0.2, -0.15) is 0 Å². The number of non-ortho nitro benzene ring substituents is 2. The van der Waals surface area contributed by atoms with Gasteiger partial charge >= 0.3 is 0 Å². The van der Waals surface area contributed by atoms with Crippen molar-refractivity contribution in [2.24, 2.45) is 5.92 Å². The minimum absolute atomic E-state index is 0.00222. The summed E-state index contributed by atoms with van der Waals surface area (Å²) in [7, 11) is 0. The summed E-state index contributed by atoms with van der Waals surface area (Å²) in [5.74, 6) is -0.0687. The Morgan fingerprint density at radius 2 is 1.46 bits per heavy atom. The Labute approximate surface area is 161 Å². The number of nitrogens with zero attached hydrogens (tertiary/aromatic N) is 2. The van der Waals surface area contributed by atoms with Crippen LogP contribution in [0, 0.1) is 26.1 Å². The van der Waals surface area contributed by atoms with Gasteiger partial charge in [-0.05, 0) is 23.6 Å². The third-order valence-electron chi connectivity index (χ3n) is 5.00. The van der Waals surface area contributed by atoms with E-state index < -0.39 is 9.85 Å². The van der Waals surface area contributed by atoms with Crippen molar-refractivity contribution in [1.82, 2.24) is 10.8 Å². The molecule has 1 aliphatic rings. The van der Waals surface area contributed by atoms with E-state index in [0.29, 0.717) is 5.70 Å². The van der Waals surface area contributed by atoms with Gasteiger partial charge in [0.15, 0.2) is 0 Å². The molecule has 0 unspecified atom stereocenters. The van der Waals surface area contributed by atoms with Gasteiger partial charge in [-0.15, -0.1) is 0 Å². The monoisotopic (exact) mass is 384 g/mol. The molecule has 0 saturated heterocycles. The number of rotatable bonds is 6. The van der Waals surface area contributed by atoms with Gasteiger partial charge < -0.3 is 0 Å². The lowest BCUT2D eigenvalue weighted by Gasteiger charge is -2.37. The van der Waals surface area contributed by atoms with Crippen molar-refractivity contribution in [3.63, 3.8) is 0 Å². The molecule has 2 aromatic carbocycles. The highest BCUT2D eigenvalue weighted by molar-refractivity contribution is 5.39. The van der Waals surface area contributed by atoms with Crippen molar-refractivity contribution in [3.05, 3.63) is 91.7 Å². The lowest BCUT2D eigenvalue weighted by Crippen LogP contribution is -2.39. The molecule has 3 rings (SSSR count). The standard InChI is InChI=1S/C19H20N4O5/c1-2-16-18(21-24)11-17(12-3-7-14(8-4-12)22(25)26)20-19(16)13-5-9-15(10-6-13)23(27)28/h3-11,16-17,19-21,24H,2H2,1H3/t16-,17-,19+/m1/s1. The first-order valence-corrected chi connectivity index (χ1v) is 8.81. The van der Waals surface area contributed by atoms with Crippen LogP contribution < -0.4 is 10.8 Å². The van der Waals surface area contributed by atoms with Gasteiger partial charge in [-0.3, -0.25) is 36.2 Å². The summed E-state index contributed by atoms with van der Waals surface area (Å²) in [4.78, 5) is 20.9. The molecule has 0 bridgehead atoms. The van der Waals surface area contributed by atoms with Crippen LogP contribution in [0.15, 0.2) is 60.3 Å². The maximum atomic E-state index is 10.9. The summed E-state index contributed by atoms with van der Waals surface area (Å²) in [5, 5.41) is 34.9. The molecule has 2 aromatic rings. The van der Waals surface area contributed by atoms with Crippen molar-refractivity contribution in [2.45, 2.75) is 25.4 Å². The van der Waals surface area contributed by atoms with Gasteiger partial charge in [-0.1, -0.05) is 31.2 Å². The smallest absolute Gasteiger partial charge is 0.269 e. The molecule has 146 valence electrons. The van der Waals surface area contributed by atoms with Gasteiger partial charge in [0, 0.05) is 41.9 Å². The molecule has 1 heterocycles. The predicted octanol–water partition coefficient (Wildman–Crippen LogP) is 3.78. The number of benzene rings is 2. The topological polar surface area (TPSA) is 131 Å². The van der Waals surface area contributed by atoms with E-state index in [4.69, 9.17) is 0 Å². The van der Waals surface area contributed by atoms with Crippen LogP contribution in [0.25, 0.3) is 0 Å². The molecule has 9 heteroatoms. The Balaban J connectivity index is 1.95. The zero-order valence-electron chi connectivity index (χ0n) is 15.1. The molecule has 3 atom stereocenters. The average Bonchev–Trinajstić information content (AvgIpc) is 2.72. The minimum Gasteiger partial charge on any atom is -0.299 e. The second-order valence-corrected chi connectivity index (χ2v) is 6.57. The van der Waals surface area contributed by atoms with Crippen molar-refractivity contribution < 1.29 is 15.1 Å². The van der Waals surface area contributed by atoms with E-state index in [2.05, 4.69) is 10.8 Å². The molecule has 0 aliphatic carbocycles. The summed E-state index contributed by atoms with van der Waals surface area (Å²) in [5.41, 5.74) is 4.57. The van der Waals surface area contributed by atoms with Gasteiger partial charge in [0.05, 0.1) is 15.9 Å². The first kappa shape index (κ1) is 19.5. The van der Waals surface area contributed by atoms with Crippen LogP contribution in [0.5, 0.6) is 0 Å². The zero-order chi connectivity index (χ0) is 20.3. The van der Waals surface area contributed by atoms with E-state index in [9.17, 15) is 25.4 Å². The van der Waals surface area contributed by atoms with E-state index in [1.165, 1.54) is 24.3 Å². The molecule has 0 radical (unpaired) electrons. The SMILES string of the molecule is CC[C@@H]1C(NO)=C[C@H](c2ccc([N+](=O)[O-])cc2)N[C@H]1c1ccc([N+](=O)[O-])cc1. The molecule has 0 saturated carbocycles. The molecule has 0 aromatic heterocycles. The van der Waals surface area contributed by atoms with Crippen LogP contribution in [-0.2, 0) is 0 Å². The molecular formula is C19H20N4O5. The summed E-state index contributed by atoms with van der Waals surface area (Å²) in [6, 6.07) is 12.0. The Hall–Kier alpha value is -3.30. The van der Waals surface area contributed by atoms with Gasteiger partial charge in [-0.25, -0.2) is 0 Å². The number of hydrogen-bond donors (Lipinski definition) is 3. The van der Waals surface area contributed by atoms with Crippen molar-refractivity contribution >= 4 is 11.4 Å². The number of nitrogens with one attached hydrogen (secondary N) is 2. The fourth-order valence-corrected chi connectivity index (χ4v) is 3.54. The zero-order valence-corrected chi connectivity index (χ0v) is 15.1. The maximum Gasteiger partial charge on any atom is 0.269 e. The predicted molar refractivity (Wildman–Crippen MR) is 102 cm³/mol.